The average molecular weight is 253 g/mol. The lowest BCUT2D eigenvalue weighted by Crippen LogP contribution is -2.50. The van der Waals surface area contributed by atoms with E-state index in [0.29, 0.717) is 16.6 Å². The third-order valence-electron chi connectivity index (χ3n) is 3.38. The molecule has 1 unspecified atom stereocenters. The van der Waals surface area contributed by atoms with Crippen molar-refractivity contribution in [1.29, 1.82) is 0 Å². The molecule has 0 bridgehead atoms. The molecule has 4 heteroatoms. The fraction of sp³-hybridized carbons (Fsp3) is 0.462. The van der Waals surface area contributed by atoms with Crippen LogP contribution in [0.3, 0.4) is 0 Å². The number of para-hydroxylation sites is 1. The molecule has 1 atom stereocenters. The van der Waals surface area contributed by atoms with Crippen LogP contribution in [0.1, 0.15) is 25.3 Å². The first kappa shape index (κ1) is 12.4. The van der Waals surface area contributed by atoms with Crippen LogP contribution in [0.4, 0.5) is 5.69 Å². The molecule has 1 amide bonds. The van der Waals surface area contributed by atoms with E-state index in [0.717, 1.165) is 18.4 Å². The van der Waals surface area contributed by atoms with Crippen molar-refractivity contribution in [3.8, 4) is 0 Å². The lowest BCUT2D eigenvalue weighted by Gasteiger charge is -2.24. The average Bonchev–Trinajstić information content (AvgIpc) is 3.07. The minimum atomic E-state index is -0.800. The molecule has 17 heavy (non-hydrogen) atoms. The summed E-state index contributed by atoms with van der Waals surface area (Å²) in [6, 6.07) is 5.53. The number of carbonyl (C=O) groups is 1. The number of hydrogen-bond donors (Lipinski definition) is 2. The van der Waals surface area contributed by atoms with Crippen LogP contribution in [0.5, 0.6) is 0 Å². The van der Waals surface area contributed by atoms with Crippen LogP contribution in [0.25, 0.3) is 0 Å². The summed E-state index contributed by atoms with van der Waals surface area (Å²) in [4.78, 5) is 12.1. The Hall–Kier alpha value is -1.06. The summed E-state index contributed by atoms with van der Waals surface area (Å²) in [5, 5.41) is 3.39. The molecule has 1 saturated carbocycles. The van der Waals surface area contributed by atoms with E-state index in [-0.39, 0.29) is 5.91 Å². The fourth-order valence-corrected chi connectivity index (χ4v) is 2.18. The van der Waals surface area contributed by atoms with Gasteiger partial charge in [0.2, 0.25) is 5.91 Å². The van der Waals surface area contributed by atoms with Crippen LogP contribution in [-0.2, 0) is 4.79 Å². The van der Waals surface area contributed by atoms with E-state index < -0.39 is 5.54 Å². The van der Waals surface area contributed by atoms with Crippen molar-refractivity contribution in [1.82, 2.24) is 0 Å². The van der Waals surface area contributed by atoms with Gasteiger partial charge < -0.3 is 11.1 Å². The minimum absolute atomic E-state index is 0.156. The largest absolute Gasteiger partial charge is 0.323 e. The van der Waals surface area contributed by atoms with Crippen molar-refractivity contribution in [3.63, 3.8) is 0 Å². The number of nitrogens with two attached hydrogens (primary N) is 1. The first-order valence-electron chi connectivity index (χ1n) is 5.78. The summed E-state index contributed by atoms with van der Waals surface area (Å²) in [5.41, 5.74) is 6.86. The predicted molar refractivity (Wildman–Crippen MR) is 70.1 cm³/mol. The third kappa shape index (κ3) is 2.45. The Morgan fingerprint density at radius 2 is 2.18 bits per heavy atom. The van der Waals surface area contributed by atoms with E-state index in [1.165, 1.54) is 0 Å². The first-order chi connectivity index (χ1) is 7.93. The van der Waals surface area contributed by atoms with Crippen molar-refractivity contribution in [2.24, 2.45) is 11.7 Å². The summed E-state index contributed by atoms with van der Waals surface area (Å²) >= 11 is 6.06. The molecule has 0 aromatic heterocycles. The maximum atomic E-state index is 12.1. The molecule has 1 aromatic rings. The van der Waals surface area contributed by atoms with E-state index >= 15 is 0 Å². The smallest absolute Gasteiger partial charge is 0.244 e. The number of carbonyl (C=O) groups excluding carboxylic acids is 1. The van der Waals surface area contributed by atoms with Gasteiger partial charge in [-0.15, -0.1) is 0 Å². The number of rotatable bonds is 3. The standard InChI is InChI=1S/C13H17ClN2O/c1-8-4-3-5-10(14)11(8)16-12(17)13(2,15)9-6-7-9/h3-5,9H,6-7,15H2,1-2H3,(H,16,17). The lowest BCUT2D eigenvalue weighted by molar-refractivity contribution is -0.121. The second-order valence-electron chi connectivity index (χ2n) is 4.94. The Morgan fingerprint density at radius 3 is 2.71 bits per heavy atom. The SMILES string of the molecule is Cc1cccc(Cl)c1NC(=O)C(C)(N)C1CC1. The second kappa shape index (κ2) is 4.31. The van der Waals surface area contributed by atoms with Crippen LogP contribution in [0.2, 0.25) is 5.02 Å². The van der Waals surface area contributed by atoms with Crippen LogP contribution >= 0.6 is 11.6 Å². The molecule has 1 fully saturated rings. The lowest BCUT2D eigenvalue weighted by atomic mass is 9.96. The van der Waals surface area contributed by atoms with E-state index in [2.05, 4.69) is 5.32 Å². The molecule has 1 aromatic carbocycles. The van der Waals surface area contributed by atoms with Crippen molar-refractivity contribution >= 4 is 23.2 Å². The van der Waals surface area contributed by atoms with Gasteiger partial charge in [-0.3, -0.25) is 4.79 Å². The Labute approximate surface area is 106 Å². The van der Waals surface area contributed by atoms with Crippen molar-refractivity contribution in [2.45, 2.75) is 32.2 Å². The maximum Gasteiger partial charge on any atom is 0.244 e. The van der Waals surface area contributed by atoms with Crippen LogP contribution in [-0.4, -0.2) is 11.4 Å². The van der Waals surface area contributed by atoms with Gasteiger partial charge in [-0.2, -0.15) is 0 Å². The van der Waals surface area contributed by atoms with E-state index in [9.17, 15) is 4.79 Å². The zero-order valence-electron chi connectivity index (χ0n) is 10.1. The highest BCUT2D eigenvalue weighted by molar-refractivity contribution is 6.34. The van der Waals surface area contributed by atoms with Gasteiger partial charge in [-0.25, -0.2) is 0 Å². The van der Waals surface area contributed by atoms with Gasteiger partial charge in [0, 0.05) is 0 Å². The van der Waals surface area contributed by atoms with E-state index in [1.807, 2.05) is 19.1 Å². The molecule has 3 N–H and O–H groups in total. The molecular formula is C13H17ClN2O. The molecule has 3 nitrogen and oxygen atoms in total. The quantitative estimate of drug-likeness (QED) is 0.869. The van der Waals surface area contributed by atoms with Crippen LogP contribution in [0.15, 0.2) is 18.2 Å². The number of amides is 1. The molecular weight excluding hydrogens is 236 g/mol. The molecule has 0 radical (unpaired) electrons. The summed E-state index contributed by atoms with van der Waals surface area (Å²) in [7, 11) is 0. The first-order valence-corrected chi connectivity index (χ1v) is 6.16. The molecule has 2 rings (SSSR count). The summed E-state index contributed by atoms with van der Waals surface area (Å²) < 4.78 is 0. The zero-order chi connectivity index (χ0) is 12.6. The molecule has 0 spiro atoms. The Morgan fingerprint density at radius 1 is 1.53 bits per heavy atom. The zero-order valence-corrected chi connectivity index (χ0v) is 10.8. The maximum absolute atomic E-state index is 12.1. The number of nitrogens with one attached hydrogen (secondary N) is 1. The molecule has 0 aliphatic heterocycles. The van der Waals surface area contributed by atoms with Crippen LogP contribution in [0, 0.1) is 12.8 Å². The van der Waals surface area contributed by atoms with Gasteiger partial charge in [0.1, 0.15) is 0 Å². The van der Waals surface area contributed by atoms with Gasteiger partial charge in [0.05, 0.1) is 16.2 Å². The van der Waals surface area contributed by atoms with Crippen molar-refractivity contribution in [3.05, 3.63) is 28.8 Å². The minimum Gasteiger partial charge on any atom is -0.323 e. The highest BCUT2D eigenvalue weighted by Gasteiger charge is 2.44. The van der Waals surface area contributed by atoms with E-state index in [4.69, 9.17) is 17.3 Å². The summed E-state index contributed by atoms with van der Waals surface area (Å²) in [6.07, 6.45) is 2.06. The molecule has 92 valence electrons. The van der Waals surface area contributed by atoms with Gasteiger partial charge in [0.15, 0.2) is 0 Å². The Balaban J connectivity index is 2.18. The number of halogens is 1. The van der Waals surface area contributed by atoms with Gasteiger partial charge in [-0.05, 0) is 44.2 Å². The molecule has 0 heterocycles. The van der Waals surface area contributed by atoms with Gasteiger partial charge in [-0.1, -0.05) is 23.7 Å². The number of aryl methyl sites for hydroxylation is 1. The topological polar surface area (TPSA) is 55.1 Å². The predicted octanol–water partition coefficient (Wildman–Crippen LogP) is 2.71. The highest BCUT2D eigenvalue weighted by atomic mass is 35.5. The highest BCUT2D eigenvalue weighted by Crippen LogP contribution is 2.39. The fourth-order valence-electron chi connectivity index (χ4n) is 1.91. The number of hydrogen-bond acceptors (Lipinski definition) is 2. The van der Waals surface area contributed by atoms with Crippen molar-refractivity contribution in [2.75, 3.05) is 5.32 Å². The number of benzene rings is 1. The summed E-state index contributed by atoms with van der Waals surface area (Å²) in [6.45, 7) is 3.69. The van der Waals surface area contributed by atoms with Gasteiger partial charge >= 0.3 is 0 Å². The normalized spacial score (nSPS) is 18.6. The second-order valence-corrected chi connectivity index (χ2v) is 5.35. The van der Waals surface area contributed by atoms with Crippen LogP contribution < -0.4 is 11.1 Å². The Kier molecular flexibility index (Phi) is 3.15. The van der Waals surface area contributed by atoms with Crippen molar-refractivity contribution < 1.29 is 4.79 Å². The van der Waals surface area contributed by atoms with Gasteiger partial charge in [0.25, 0.3) is 0 Å². The Bertz CT molecular complexity index is 432. The monoisotopic (exact) mass is 252 g/mol. The number of anilines is 1. The van der Waals surface area contributed by atoms with E-state index in [1.54, 1.807) is 13.0 Å². The molecule has 1 aliphatic rings. The molecule has 0 saturated heterocycles. The third-order valence-corrected chi connectivity index (χ3v) is 3.69. The molecule has 1 aliphatic carbocycles. The summed E-state index contributed by atoms with van der Waals surface area (Å²) in [5.74, 6) is 0.140.